The van der Waals surface area contributed by atoms with Gasteiger partial charge in [-0.05, 0) is 45.8 Å². The summed E-state index contributed by atoms with van der Waals surface area (Å²) in [6.07, 6.45) is 3.58. The number of carbonyl (C=O) groups excluding carboxylic acids is 1. The summed E-state index contributed by atoms with van der Waals surface area (Å²) in [6.45, 7) is 0. The van der Waals surface area contributed by atoms with Crippen LogP contribution < -0.4 is 10.1 Å². The molecule has 1 N–H and O–H groups in total. The third-order valence-corrected chi connectivity index (χ3v) is 5.24. The van der Waals surface area contributed by atoms with Crippen molar-refractivity contribution in [3.63, 3.8) is 0 Å². The van der Waals surface area contributed by atoms with E-state index in [2.05, 4.69) is 26.2 Å². The van der Waals surface area contributed by atoms with E-state index in [9.17, 15) is 4.79 Å². The zero-order chi connectivity index (χ0) is 17.1. The highest BCUT2D eigenvalue weighted by molar-refractivity contribution is 9.11. The molecule has 124 valence electrons. The summed E-state index contributed by atoms with van der Waals surface area (Å²) < 4.78 is 8.12. The third-order valence-electron chi connectivity index (χ3n) is 3.62. The van der Waals surface area contributed by atoms with Gasteiger partial charge >= 0.3 is 0 Å². The lowest BCUT2D eigenvalue weighted by atomic mass is 10.1. The van der Waals surface area contributed by atoms with Crippen molar-refractivity contribution in [2.75, 3.05) is 7.11 Å². The number of methoxy groups -OCH3 is 1. The van der Waals surface area contributed by atoms with Gasteiger partial charge in [0.2, 0.25) is 0 Å². The van der Waals surface area contributed by atoms with Crippen molar-refractivity contribution in [3.05, 3.63) is 68.8 Å². The van der Waals surface area contributed by atoms with E-state index in [0.717, 1.165) is 20.9 Å². The van der Waals surface area contributed by atoms with Crippen LogP contribution in [0.4, 0.5) is 0 Å². The summed E-state index contributed by atoms with van der Waals surface area (Å²) in [4.78, 5) is 17.7. The van der Waals surface area contributed by atoms with Gasteiger partial charge in [-0.3, -0.25) is 4.79 Å². The minimum absolute atomic E-state index is 0.137. The molecule has 0 aliphatic heterocycles. The van der Waals surface area contributed by atoms with E-state index in [1.54, 1.807) is 19.4 Å². The number of nitrogens with zero attached hydrogens (tertiary/aromatic N) is 2. The highest BCUT2D eigenvalue weighted by Crippen LogP contribution is 2.26. The van der Waals surface area contributed by atoms with Gasteiger partial charge in [0, 0.05) is 19.4 Å². The molecule has 1 aromatic carbocycles. The number of hydrogen-bond donors (Lipinski definition) is 1. The maximum absolute atomic E-state index is 12.6. The minimum atomic E-state index is -0.367. The number of benzene rings is 1. The maximum atomic E-state index is 12.6. The lowest BCUT2D eigenvalue weighted by molar-refractivity contribution is 0.0945. The molecule has 0 aliphatic rings. The fourth-order valence-corrected chi connectivity index (χ4v) is 3.70. The van der Waals surface area contributed by atoms with Crippen molar-refractivity contribution >= 4 is 33.2 Å². The molecule has 1 unspecified atom stereocenters. The molecule has 0 spiro atoms. The van der Waals surface area contributed by atoms with E-state index in [0.29, 0.717) is 4.88 Å². The van der Waals surface area contributed by atoms with Gasteiger partial charge in [-0.1, -0.05) is 12.1 Å². The summed E-state index contributed by atoms with van der Waals surface area (Å²) in [5.74, 6) is 1.36. The first kappa shape index (κ1) is 16.7. The number of hydrogen-bond acceptors (Lipinski definition) is 4. The number of halogens is 1. The van der Waals surface area contributed by atoms with E-state index in [1.807, 2.05) is 48.1 Å². The molecule has 7 heteroatoms. The van der Waals surface area contributed by atoms with Crippen molar-refractivity contribution in [2.24, 2.45) is 7.05 Å². The minimum Gasteiger partial charge on any atom is -0.497 e. The van der Waals surface area contributed by atoms with Crippen LogP contribution in [0.25, 0.3) is 0 Å². The standard InChI is InChI=1S/C17H16BrN3O2S/c1-21-9-8-19-16(21)15(11-4-3-5-12(10-11)23-2)20-17(22)13-6-7-14(18)24-13/h3-10,15H,1-2H3,(H,20,22). The molecule has 0 saturated carbocycles. The molecular formula is C17H16BrN3O2S. The Balaban J connectivity index is 1.96. The maximum Gasteiger partial charge on any atom is 0.262 e. The normalized spacial score (nSPS) is 12.0. The predicted molar refractivity (Wildman–Crippen MR) is 97.5 cm³/mol. The Bertz CT molecular complexity index is 859. The molecule has 1 amide bonds. The number of imidazole rings is 1. The van der Waals surface area contributed by atoms with Crippen LogP contribution in [0.2, 0.25) is 0 Å². The van der Waals surface area contributed by atoms with Crippen molar-refractivity contribution in [1.29, 1.82) is 0 Å². The second-order valence-corrected chi connectivity index (χ2v) is 7.65. The van der Waals surface area contributed by atoms with Gasteiger partial charge in [-0.25, -0.2) is 4.98 Å². The van der Waals surface area contributed by atoms with Crippen molar-refractivity contribution < 1.29 is 9.53 Å². The fourth-order valence-electron chi connectivity index (χ4n) is 2.41. The van der Waals surface area contributed by atoms with Gasteiger partial charge in [0.05, 0.1) is 15.8 Å². The second kappa shape index (κ2) is 7.19. The van der Waals surface area contributed by atoms with Crippen LogP contribution in [0.5, 0.6) is 5.75 Å². The van der Waals surface area contributed by atoms with Gasteiger partial charge < -0.3 is 14.6 Å². The lowest BCUT2D eigenvalue weighted by Crippen LogP contribution is -2.30. The van der Waals surface area contributed by atoms with Crippen LogP contribution in [0.1, 0.15) is 27.1 Å². The van der Waals surface area contributed by atoms with E-state index in [-0.39, 0.29) is 11.9 Å². The molecule has 0 bridgehead atoms. The molecule has 0 fully saturated rings. The van der Waals surface area contributed by atoms with Crippen LogP contribution in [-0.4, -0.2) is 22.6 Å². The Kier molecular flexibility index (Phi) is 5.01. The smallest absolute Gasteiger partial charge is 0.262 e. The summed E-state index contributed by atoms with van der Waals surface area (Å²) in [7, 11) is 3.53. The summed E-state index contributed by atoms with van der Waals surface area (Å²) in [5.41, 5.74) is 0.910. The van der Waals surface area contributed by atoms with Crippen LogP contribution >= 0.6 is 27.3 Å². The number of carbonyl (C=O) groups is 1. The molecule has 24 heavy (non-hydrogen) atoms. The van der Waals surface area contributed by atoms with Crippen LogP contribution in [0.15, 0.2) is 52.6 Å². The molecule has 0 saturated heterocycles. The van der Waals surface area contributed by atoms with Crippen LogP contribution in [0, 0.1) is 0 Å². The van der Waals surface area contributed by atoms with E-state index in [1.165, 1.54) is 11.3 Å². The Morgan fingerprint density at radius 1 is 1.38 bits per heavy atom. The average molecular weight is 406 g/mol. The number of thiophene rings is 1. The summed E-state index contributed by atoms with van der Waals surface area (Å²) in [6, 6.07) is 10.9. The fraction of sp³-hybridized carbons (Fsp3) is 0.176. The van der Waals surface area contributed by atoms with E-state index < -0.39 is 0 Å². The summed E-state index contributed by atoms with van der Waals surface area (Å²) in [5, 5.41) is 3.07. The molecule has 5 nitrogen and oxygen atoms in total. The molecule has 0 aliphatic carbocycles. The lowest BCUT2D eigenvalue weighted by Gasteiger charge is -2.19. The first-order valence-corrected chi connectivity index (χ1v) is 8.87. The van der Waals surface area contributed by atoms with E-state index >= 15 is 0 Å². The second-order valence-electron chi connectivity index (χ2n) is 5.18. The largest absolute Gasteiger partial charge is 0.497 e. The van der Waals surface area contributed by atoms with E-state index in [4.69, 9.17) is 4.74 Å². The van der Waals surface area contributed by atoms with Crippen LogP contribution in [-0.2, 0) is 7.05 Å². The molecule has 3 rings (SSSR count). The van der Waals surface area contributed by atoms with Gasteiger partial charge in [-0.2, -0.15) is 0 Å². The molecule has 3 aromatic rings. The quantitative estimate of drug-likeness (QED) is 0.702. The third kappa shape index (κ3) is 3.52. The SMILES string of the molecule is COc1cccc(C(NC(=O)c2ccc(Br)s2)c2nccn2C)c1. The van der Waals surface area contributed by atoms with Gasteiger partial charge in [0.25, 0.3) is 5.91 Å². The number of aryl methyl sites for hydroxylation is 1. The number of nitrogens with one attached hydrogen (secondary N) is 1. The number of ether oxygens (including phenoxy) is 1. The highest BCUT2D eigenvalue weighted by atomic mass is 79.9. The predicted octanol–water partition coefficient (Wildman–Crippen LogP) is 3.77. The number of amides is 1. The molecular weight excluding hydrogens is 390 g/mol. The number of rotatable bonds is 5. The highest BCUT2D eigenvalue weighted by Gasteiger charge is 2.22. The zero-order valence-electron chi connectivity index (χ0n) is 13.2. The monoisotopic (exact) mass is 405 g/mol. The average Bonchev–Trinajstić information content (AvgIpc) is 3.21. The van der Waals surface area contributed by atoms with Gasteiger partial charge in [0.1, 0.15) is 17.6 Å². The first-order chi connectivity index (χ1) is 11.6. The Morgan fingerprint density at radius 3 is 2.83 bits per heavy atom. The van der Waals surface area contributed by atoms with Crippen molar-refractivity contribution in [1.82, 2.24) is 14.9 Å². The molecule has 1 atom stereocenters. The van der Waals surface area contributed by atoms with Gasteiger partial charge in [-0.15, -0.1) is 11.3 Å². The van der Waals surface area contributed by atoms with Crippen molar-refractivity contribution in [2.45, 2.75) is 6.04 Å². The number of aromatic nitrogens is 2. The Labute approximate surface area is 152 Å². The molecule has 0 radical (unpaired) electrons. The first-order valence-electron chi connectivity index (χ1n) is 7.26. The van der Waals surface area contributed by atoms with Crippen LogP contribution in [0.3, 0.4) is 0 Å². The van der Waals surface area contributed by atoms with Gasteiger partial charge in [0.15, 0.2) is 0 Å². The summed E-state index contributed by atoms with van der Waals surface area (Å²) >= 11 is 4.78. The molecule has 2 heterocycles. The zero-order valence-corrected chi connectivity index (χ0v) is 15.6. The molecule has 2 aromatic heterocycles. The Morgan fingerprint density at radius 2 is 2.21 bits per heavy atom. The topological polar surface area (TPSA) is 56.1 Å². The van der Waals surface area contributed by atoms with Crippen molar-refractivity contribution in [3.8, 4) is 5.75 Å². The Hall–Kier alpha value is -2.12.